The third-order valence-electron chi connectivity index (χ3n) is 2.96. The van der Waals surface area contributed by atoms with Gasteiger partial charge in [-0.05, 0) is 28.1 Å². The highest BCUT2D eigenvalue weighted by atomic mass is 79.9. The number of nitrogens with one attached hydrogen (secondary N) is 2. The molecule has 0 saturated heterocycles. The van der Waals surface area contributed by atoms with Crippen LogP contribution in [0.4, 0.5) is 17.3 Å². The Balaban J connectivity index is 2.06. The van der Waals surface area contributed by atoms with Crippen molar-refractivity contribution >= 4 is 44.0 Å². The highest BCUT2D eigenvalue weighted by molar-refractivity contribution is 9.10. The van der Waals surface area contributed by atoms with E-state index < -0.39 is 0 Å². The number of hydrogen-bond acceptors (Lipinski definition) is 5. The maximum Gasteiger partial charge on any atom is 0.150 e. The second-order valence-corrected chi connectivity index (χ2v) is 4.96. The molecule has 100 valence electrons. The number of fused-ring (bicyclic) bond motifs is 1. The fourth-order valence-corrected chi connectivity index (χ4v) is 2.49. The van der Waals surface area contributed by atoms with Crippen molar-refractivity contribution < 1.29 is 0 Å². The van der Waals surface area contributed by atoms with E-state index in [0.717, 1.165) is 26.8 Å². The molecule has 0 atom stereocenters. The molecule has 5 nitrogen and oxygen atoms in total. The Morgan fingerprint density at radius 1 is 1.10 bits per heavy atom. The molecule has 0 amide bonds. The minimum absolute atomic E-state index is 0.716. The van der Waals surface area contributed by atoms with Crippen molar-refractivity contribution in [3.8, 4) is 0 Å². The molecule has 2 aromatic heterocycles. The van der Waals surface area contributed by atoms with Gasteiger partial charge >= 0.3 is 0 Å². The summed E-state index contributed by atoms with van der Waals surface area (Å²) in [5.41, 5.74) is 0.978. The first-order chi connectivity index (χ1) is 9.79. The molecule has 2 heterocycles. The topological polar surface area (TPSA) is 62.7 Å². The van der Waals surface area contributed by atoms with Crippen LogP contribution in [0, 0.1) is 0 Å². The number of halogens is 1. The Labute approximate surface area is 124 Å². The number of nitrogens with zero attached hydrogens (tertiary/aromatic N) is 3. The van der Waals surface area contributed by atoms with Crippen molar-refractivity contribution in [2.24, 2.45) is 0 Å². The zero-order chi connectivity index (χ0) is 13.9. The van der Waals surface area contributed by atoms with Crippen molar-refractivity contribution in [2.75, 3.05) is 17.7 Å². The van der Waals surface area contributed by atoms with Crippen LogP contribution in [0.2, 0.25) is 0 Å². The van der Waals surface area contributed by atoms with E-state index in [2.05, 4.69) is 41.5 Å². The molecule has 0 aliphatic rings. The van der Waals surface area contributed by atoms with Crippen molar-refractivity contribution in [3.63, 3.8) is 0 Å². The SMILES string of the molecule is CNc1ncnc(Nc2cccc3cnccc23)c1Br. The third-order valence-corrected chi connectivity index (χ3v) is 3.71. The van der Waals surface area contributed by atoms with E-state index >= 15 is 0 Å². The average molecular weight is 330 g/mol. The standard InChI is InChI=1S/C14H12BrN5/c1-16-13-12(15)14(19-8-18-13)20-11-4-2-3-9-7-17-6-5-10(9)11/h2-8H,1H3,(H2,16,18,19,20). The van der Waals surface area contributed by atoms with E-state index in [9.17, 15) is 0 Å². The second-order valence-electron chi connectivity index (χ2n) is 4.16. The first kappa shape index (κ1) is 12.8. The van der Waals surface area contributed by atoms with Crippen LogP contribution in [0.15, 0.2) is 47.5 Å². The van der Waals surface area contributed by atoms with E-state index in [1.807, 2.05) is 37.5 Å². The predicted octanol–water partition coefficient (Wildman–Crippen LogP) is 3.57. The van der Waals surface area contributed by atoms with Crippen LogP contribution in [0.1, 0.15) is 0 Å². The van der Waals surface area contributed by atoms with Gasteiger partial charge in [0.05, 0.1) is 0 Å². The summed E-state index contributed by atoms with van der Waals surface area (Å²) in [4.78, 5) is 12.5. The van der Waals surface area contributed by atoms with Crippen LogP contribution in [0.3, 0.4) is 0 Å². The molecule has 0 unspecified atom stereocenters. The Hall–Kier alpha value is -2.21. The minimum atomic E-state index is 0.716. The Kier molecular flexibility index (Phi) is 3.47. The molecule has 0 aliphatic carbocycles. The number of rotatable bonds is 3. The fourth-order valence-electron chi connectivity index (χ4n) is 1.99. The van der Waals surface area contributed by atoms with Gasteiger partial charge in [-0.15, -0.1) is 0 Å². The van der Waals surface area contributed by atoms with Crippen molar-refractivity contribution in [1.29, 1.82) is 0 Å². The first-order valence-electron chi connectivity index (χ1n) is 6.07. The van der Waals surface area contributed by atoms with Crippen molar-refractivity contribution in [1.82, 2.24) is 15.0 Å². The van der Waals surface area contributed by atoms with Crippen LogP contribution in [0.25, 0.3) is 10.8 Å². The molecule has 0 aliphatic heterocycles. The Morgan fingerprint density at radius 3 is 2.80 bits per heavy atom. The largest absolute Gasteiger partial charge is 0.372 e. The summed E-state index contributed by atoms with van der Waals surface area (Å²) in [7, 11) is 1.82. The Bertz CT molecular complexity index is 754. The van der Waals surface area contributed by atoms with Crippen LogP contribution >= 0.6 is 15.9 Å². The van der Waals surface area contributed by atoms with Crippen LogP contribution < -0.4 is 10.6 Å². The summed E-state index contributed by atoms with van der Waals surface area (Å²) in [6.07, 6.45) is 5.14. The maximum absolute atomic E-state index is 4.26. The predicted molar refractivity (Wildman–Crippen MR) is 84.3 cm³/mol. The summed E-state index contributed by atoms with van der Waals surface area (Å²) in [6.45, 7) is 0. The minimum Gasteiger partial charge on any atom is -0.372 e. The monoisotopic (exact) mass is 329 g/mol. The molecular formula is C14H12BrN5. The normalized spacial score (nSPS) is 10.5. The van der Waals surface area contributed by atoms with E-state index in [1.165, 1.54) is 6.33 Å². The summed E-state index contributed by atoms with van der Waals surface area (Å²) in [5, 5.41) is 8.51. The smallest absolute Gasteiger partial charge is 0.150 e. The van der Waals surface area contributed by atoms with Gasteiger partial charge in [0.1, 0.15) is 22.4 Å². The van der Waals surface area contributed by atoms with Gasteiger partial charge in [-0.2, -0.15) is 0 Å². The van der Waals surface area contributed by atoms with Gasteiger partial charge in [0.2, 0.25) is 0 Å². The van der Waals surface area contributed by atoms with Crippen LogP contribution in [-0.4, -0.2) is 22.0 Å². The quantitative estimate of drug-likeness (QED) is 0.769. The Morgan fingerprint density at radius 2 is 1.95 bits per heavy atom. The van der Waals surface area contributed by atoms with Gasteiger partial charge in [-0.1, -0.05) is 12.1 Å². The molecule has 0 saturated carbocycles. The van der Waals surface area contributed by atoms with Gasteiger partial charge in [0.15, 0.2) is 0 Å². The zero-order valence-electron chi connectivity index (χ0n) is 10.8. The molecule has 0 radical (unpaired) electrons. The molecule has 0 spiro atoms. The summed E-state index contributed by atoms with van der Waals surface area (Å²) < 4.78 is 0.800. The molecule has 3 rings (SSSR count). The number of pyridine rings is 1. The molecule has 3 aromatic rings. The molecule has 6 heteroatoms. The van der Waals surface area contributed by atoms with Gasteiger partial charge in [0.25, 0.3) is 0 Å². The van der Waals surface area contributed by atoms with Gasteiger partial charge in [-0.3, -0.25) is 4.98 Å². The first-order valence-corrected chi connectivity index (χ1v) is 6.87. The number of benzene rings is 1. The molecule has 20 heavy (non-hydrogen) atoms. The lowest BCUT2D eigenvalue weighted by Gasteiger charge is -2.11. The zero-order valence-corrected chi connectivity index (χ0v) is 12.3. The van der Waals surface area contributed by atoms with Crippen molar-refractivity contribution in [2.45, 2.75) is 0 Å². The van der Waals surface area contributed by atoms with Crippen LogP contribution in [0.5, 0.6) is 0 Å². The number of hydrogen-bond donors (Lipinski definition) is 2. The van der Waals surface area contributed by atoms with Gasteiger partial charge < -0.3 is 10.6 Å². The van der Waals surface area contributed by atoms with Crippen LogP contribution in [-0.2, 0) is 0 Å². The lowest BCUT2D eigenvalue weighted by Crippen LogP contribution is -2.00. The third kappa shape index (κ3) is 2.30. The summed E-state index contributed by atoms with van der Waals surface area (Å²) in [5.74, 6) is 1.46. The molecule has 1 aromatic carbocycles. The van der Waals surface area contributed by atoms with Gasteiger partial charge in [0, 0.05) is 35.9 Å². The second kappa shape index (κ2) is 5.42. The lowest BCUT2D eigenvalue weighted by molar-refractivity contribution is 1.14. The van der Waals surface area contributed by atoms with E-state index in [-0.39, 0.29) is 0 Å². The average Bonchev–Trinajstić information content (AvgIpc) is 2.50. The van der Waals surface area contributed by atoms with E-state index in [0.29, 0.717) is 5.82 Å². The number of aromatic nitrogens is 3. The summed E-state index contributed by atoms with van der Waals surface area (Å²) in [6, 6.07) is 8.00. The molecule has 0 bridgehead atoms. The highest BCUT2D eigenvalue weighted by Crippen LogP contribution is 2.31. The van der Waals surface area contributed by atoms with E-state index in [4.69, 9.17) is 0 Å². The lowest BCUT2D eigenvalue weighted by atomic mass is 10.1. The molecule has 0 fully saturated rings. The van der Waals surface area contributed by atoms with Crippen molar-refractivity contribution in [3.05, 3.63) is 47.5 Å². The highest BCUT2D eigenvalue weighted by Gasteiger charge is 2.09. The summed E-state index contributed by atoms with van der Waals surface area (Å²) >= 11 is 3.50. The van der Waals surface area contributed by atoms with E-state index in [1.54, 1.807) is 6.20 Å². The maximum atomic E-state index is 4.26. The number of anilines is 3. The molecule has 2 N–H and O–H groups in total. The molecular weight excluding hydrogens is 318 g/mol. The fraction of sp³-hybridized carbons (Fsp3) is 0.0714. The van der Waals surface area contributed by atoms with Gasteiger partial charge in [-0.25, -0.2) is 9.97 Å².